The average molecular weight is 515 g/mol. The van der Waals surface area contributed by atoms with E-state index in [1.807, 2.05) is 6.92 Å². The van der Waals surface area contributed by atoms with Crippen molar-refractivity contribution in [2.45, 2.75) is 26.1 Å². The molecule has 1 aromatic rings. The van der Waals surface area contributed by atoms with E-state index in [9.17, 15) is 13.2 Å². The first-order valence-electron chi connectivity index (χ1n) is 9.20. The fraction of sp³-hybridized carbons (Fsp3) is 0.632. The third-order valence-electron chi connectivity index (χ3n) is 4.40. The summed E-state index contributed by atoms with van der Waals surface area (Å²) in [6.45, 7) is 6.68. The number of aliphatic imine (C=N–C) groups is 1. The van der Waals surface area contributed by atoms with Gasteiger partial charge in [-0.1, -0.05) is 12.1 Å². The number of rotatable bonds is 8. The van der Waals surface area contributed by atoms with Crippen LogP contribution in [0.25, 0.3) is 0 Å². The molecule has 1 N–H and O–H groups in total. The zero-order valence-electron chi connectivity index (χ0n) is 16.3. The van der Waals surface area contributed by atoms with E-state index < -0.39 is 11.7 Å². The number of alkyl halides is 3. The van der Waals surface area contributed by atoms with Gasteiger partial charge in [0.15, 0.2) is 5.96 Å². The fourth-order valence-corrected chi connectivity index (χ4v) is 2.94. The molecule has 0 spiro atoms. The van der Waals surface area contributed by atoms with Crippen LogP contribution in [0.3, 0.4) is 0 Å². The van der Waals surface area contributed by atoms with E-state index in [2.05, 4.69) is 15.2 Å². The van der Waals surface area contributed by atoms with Crippen molar-refractivity contribution in [1.29, 1.82) is 0 Å². The van der Waals surface area contributed by atoms with Gasteiger partial charge in [0.2, 0.25) is 0 Å². The Kier molecular flexibility index (Phi) is 11.1. The van der Waals surface area contributed by atoms with Crippen LogP contribution in [0.4, 0.5) is 13.2 Å². The Balaban J connectivity index is 0.00000392. The third kappa shape index (κ3) is 8.12. The lowest BCUT2D eigenvalue weighted by molar-refractivity contribution is -0.137. The van der Waals surface area contributed by atoms with Crippen molar-refractivity contribution in [3.8, 4) is 0 Å². The van der Waals surface area contributed by atoms with Crippen LogP contribution in [0.15, 0.2) is 29.3 Å². The number of nitrogens with one attached hydrogen (secondary N) is 1. The number of hydrogen-bond donors (Lipinski definition) is 1. The van der Waals surface area contributed by atoms with Crippen molar-refractivity contribution >= 4 is 29.9 Å². The molecule has 1 atom stereocenters. The summed E-state index contributed by atoms with van der Waals surface area (Å²) < 4.78 is 48.5. The van der Waals surface area contributed by atoms with Crippen LogP contribution in [-0.4, -0.2) is 57.4 Å². The lowest BCUT2D eigenvalue weighted by Crippen LogP contribution is -2.40. The van der Waals surface area contributed by atoms with Gasteiger partial charge in [0.1, 0.15) is 0 Å². The summed E-state index contributed by atoms with van der Waals surface area (Å²) in [4.78, 5) is 6.77. The number of benzene rings is 1. The quantitative estimate of drug-likeness (QED) is 0.248. The number of guanidine groups is 1. The summed E-state index contributed by atoms with van der Waals surface area (Å²) >= 11 is 0. The molecule has 2 rings (SSSR count). The predicted octanol–water partition coefficient (Wildman–Crippen LogP) is 3.77. The summed E-state index contributed by atoms with van der Waals surface area (Å²) in [5.41, 5.74) is 0.107. The van der Waals surface area contributed by atoms with Gasteiger partial charge >= 0.3 is 6.18 Å². The highest BCUT2D eigenvalue weighted by Gasteiger charge is 2.30. The SMILES string of the molecule is CCNC(=NCc1ccc(C(F)(F)F)cc1)N1CCC(COCCOC)C1.I. The van der Waals surface area contributed by atoms with E-state index >= 15 is 0 Å². The molecule has 0 bridgehead atoms. The normalized spacial score (nSPS) is 17.5. The maximum absolute atomic E-state index is 12.6. The predicted molar refractivity (Wildman–Crippen MR) is 114 cm³/mol. The van der Waals surface area contributed by atoms with Crippen molar-refractivity contribution in [2.75, 3.05) is 46.6 Å². The fourth-order valence-electron chi connectivity index (χ4n) is 2.94. The van der Waals surface area contributed by atoms with Gasteiger partial charge in [-0.25, -0.2) is 4.99 Å². The Morgan fingerprint density at radius 1 is 1.25 bits per heavy atom. The van der Waals surface area contributed by atoms with Gasteiger partial charge in [0.25, 0.3) is 0 Å². The van der Waals surface area contributed by atoms with Crippen LogP contribution >= 0.6 is 24.0 Å². The maximum Gasteiger partial charge on any atom is 0.416 e. The van der Waals surface area contributed by atoms with Crippen molar-refractivity contribution < 1.29 is 22.6 Å². The summed E-state index contributed by atoms with van der Waals surface area (Å²) in [7, 11) is 1.65. The first kappa shape index (κ1) is 25.0. The topological polar surface area (TPSA) is 46.1 Å². The zero-order valence-corrected chi connectivity index (χ0v) is 18.6. The van der Waals surface area contributed by atoms with Crippen LogP contribution in [0, 0.1) is 5.92 Å². The molecule has 0 aliphatic carbocycles. The van der Waals surface area contributed by atoms with E-state index in [1.165, 1.54) is 12.1 Å². The summed E-state index contributed by atoms with van der Waals surface area (Å²) in [6, 6.07) is 5.15. The number of ether oxygens (including phenoxy) is 2. The molecular weight excluding hydrogens is 486 g/mol. The second-order valence-electron chi connectivity index (χ2n) is 6.53. The Hall–Kier alpha value is -1.07. The summed E-state index contributed by atoms with van der Waals surface area (Å²) in [6.07, 6.45) is -3.29. The number of halogens is 4. The molecule has 1 aliphatic rings. The van der Waals surface area contributed by atoms with Crippen molar-refractivity contribution in [3.63, 3.8) is 0 Å². The molecule has 1 aliphatic heterocycles. The third-order valence-corrected chi connectivity index (χ3v) is 4.40. The Morgan fingerprint density at radius 2 is 1.96 bits per heavy atom. The highest BCUT2D eigenvalue weighted by Crippen LogP contribution is 2.29. The van der Waals surface area contributed by atoms with E-state index in [0.717, 1.165) is 49.7 Å². The Bertz CT molecular complexity index is 597. The minimum Gasteiger partial charge on any atom is -0.382 e. The van der Waals surface area contributed by atoms with Crippen LogP contribution < -0.4 is 5.32 Å². The molecule has 0 aromatic heterocycles. The molecule has 0 saturated carbocycles. The minimum absolute atomic E-state index is 0. The van der Waals surface area contributed by atoms with Gasteiger partial charge < -0.3 is 19.7 Å². The molecule has 1 unspecified atom stereocenters. The first-order valence-corrected chi connectivity index (χ1v) is 9.20. The van der Waals surface area contributed by atoms with E-state index in [1.54, 1.807) is 7.11 Å². The number of methoxy groups -OCH3 is 1. The van der Waals surface area contributed by atoms with E-state index in [-0.39, 0.29) is 24.0 Å². The molecule has 5 nitrogen and oxygen atoms in total. The first-order chi connectivity index (χ1) is 12.9. The minimum atomic E-state index is -4.31. The Labute approximate surface area is 181 Å². The molecule has 160 valence electrons. The van der Waals surface area contributed by atoms with Crippen LogP contribution in [0.1, 0.15) is 24.5 Å². The van der Waals surface area contributed by atoms with Gasteiger partial charge in [-0.15, -0.1) is 24.0 Å². The van der Waals surface area contributed by atoms with E-state index in [0.29, 0.717) is 32.3 Å². The van der Waals surface area contributed by atoms with Gasteiger partial charge in [-0.05, 0) is 31.0 Å². The van der Waals surface area contributed by atoms with Crippen molar-refractivity contribution in [1.82, 2.24) is 10.2 Å². The highest BCUT2D eigenvalue weighted by atomic mass is 127. The standard InChI is InChI=1S/C19H28F3N3O2.HI/c1-3-23-18(25-9-8-16(13-25)14-27-11-10-26-2)24-12-15-4-6-17(7-5-15)19(20,21)22;/h4-7,16H,3,8-14H2,1-2H3,(H,23,24);1H. The lowest BCUT2D eigenvalue weighted by Gasteiger charge is -2.21. The molecule has 1 fully saturated rings. The van der Waals surface area contributed by atoms with E-state index in [4.69, 9.17) is 9.47 Å². The van der Waals surface area contributed by atoms with Crippen molar-refractivity contribution in [3.05, 3.63) is 35.4 Å². The number of nitrogens with zero attached hydrogens (tertiary/aromatic N) is 2. The Morgan fingerprint density at radius 3 is 2.57 bits per heavy atom. The molecule has 0 amide bonds. The molecular formula is C19H29F3IN3O2. The maximum atomic E-state index is 12.6. The highest BCUT2D eigenvalue weighted by molar-refractivity contribution is 14.0. The van der Waals surface area contributed by atoms with Gasteiger partial charge in [-0.2, -0.15) is 13.2 Å². The molecule has 0 radical (unpaired) electrons. The number of likely N-dealkylation sites (tertiary alicyclic amines) is 1. The van der Waals surface area contributed by atoms with Crippen LogP contribution in [-0.2, 0) is 22.2 Å². The summed E-state index contributed by atoms with van der Waals surface area (Å²) in [5, 5.41) is 3.26. The van der Waals surface area contributed by atoms with Gasteiger partial charge in [0.05, 0.1) is 31.9 Å². The average Bonchev–Trinajstić information content (AvgIpc) is 3.11. The molecule has 1 saturated heterocycles. The second-order valence-corrected chi connectivity index (χ2v) is 6.53. The zero-order chi connectivity index (χ0) is 19.7. The largest absolute Gasteiger partial charge is 0.416 e. The second kappa shape index (κ2) is 12.5. The van der Waals surface area contributed by atoms with Crippen molar-refractivity contribution in [2.24, 2.45) is 10.9 Å². The lowest BCUT2D eigenvalue weighted by atomic mass is 10.1. The molecule has 1 heterocycles. The number of hydrogen-bond acceptors (Lipinski definition) is 3. The monoisotopic (exact) mass is 515 g/mol. The molecule has 28 heavy (non-hydrogen) atoms. The smallest absolute Gasteiger partial charge is 0.382 e. The molecule has 1 aromatic carbocycles. The van der Waals surface area contributed by atoms with Gasteiger partial charge in [0, 0.05) is 32.7 Å². The van der Waals surface area contributed by atoms with Crippen LogP contribution in [0.5, 0.6) is 0 Å². The van der Waals surface area contributed by atoms with Gasteiger partial charge in [-0.3, -0.25) is 0 Å². The summed E-state index contributed by atoms with van der Waals surface area (Å²) in [5.74, 6) is 1.23. The molecule has 9 heteroatoms. The van der Waals surface area contributed by atoms with Crippen LogP contribution in [0.2, 0.25) is 0 Å².